The summed E-state index contributed by atoms with van der Waals surface area (Å²) < 4.78 is 13.4. The van der Waals surface area contributed by atoms with E-state index in [4.69, 9.17) is 17.3 Å². The van der Waals surface area contributed by atoms with E-state index >= 15 is 0 Å². The van der Waals surface area contributed by atoms with Gasteiger partial charge in [0.1, 0.15) is 5.82 Å². The lowest BCUT2D eigenvalue weighted by atomic mass is 10.0. The van der Waals surface area contributed by atoms with Gasteiger partial charge in [-0.05, 0) is 45.0 Å². The summed E-state index contributed by atoms with van der Waals surface area (Å²) in [6.45, 7) is 4.50. The first-order chi connectivity index (χ1) is 6.94. The number of nitrogens with two attached hydrogens (primary N) is 1. The molecule has 15 heavy (non-hydrogen) atoms. The molecule has 0 aliphatic heterocycles. The molecule has 1 aromatic rings. The molecule has 0 unspecified atom stereocenters. The monoisotopic (exact) mass is 230 g/mol. The van der Waals surface area contributed by atoms with Crippen LogP contribution in [0.1, 0.15) is 20.3 Å². The SMILES string of the molecule is CC(C)(CCN)Nc1cc(Cl)ccc1F. The molecule has 0 heterocycles. The lowest BCUT2D eigenvalue weighted by Gasteiger charge is -2.27. The summed E-state index contributed by atoms with van der Waals surface area (Å²) in [4.78, 5) is 0. The van der Waals surface area contributed by atoms with Gasteiger partial charge >= 0.3 is 0 Å². The van der Waals surface area contributed by atoms with E-state index in [0.717, 1.165) is 6.42 Å². The lowest BCUT2D eigenvalue weighted by molar-refractivity contribution is 0.519. The van der Waals surface area contributed by atoms with E-state index in [2.05, 4.69) is 5.32 Å². The van der Waals surface area contributed by atoms with Gasteiger partial charge in [0.15, 0.2) is 0 Å². The Morgan fingerprint density at radius 2 is 2.13 bits per heavy atom. The number of anilines is 1. The van der Waals surface area contributed by atoms with Gasteiger partial charge in [-0.15, -0.1) is 0 Å². The van der Waals surface area contributed by atoms with Crippen LogP contribution in [0.2, 0.25) is 5.02 Å². The molecule has 0 saturated heterocycles. The van der Waals surface area contributed by atoms with Crippen LogP contribution in [0.5, 0.6) is 0 Å². The maximum atomic E-state index is 13.4. The van der Waals surface area contributed by atoms with Gasteiger partial charge in [-0.3, -0.25) is 0 Å². The van der Waals surface area contributed by atoms with Crippen LogP contribution in [-0.2, 0) is 0 Å². The van der Waals surface area contributed by atoms with Crippen molar-refractivity contribution >= 4 is 17.3 Å². The van der Waals surface area contributed by atoms with Gasteiger partial charge < -0.3 is 11.1 Å². The van der Waals surface area contributed by atoms with Crippen LogP contribution in [0.4, 0.5) is 10.1 Å². The first-order valence-corrected chi connectivity index (χ1v) is 5.26. The van der Waals surface area contributed by atoms with Gasteiger partial charge in [0.05, 0.1) is 5.69 Å². The normalized spacial score (nSPS) is 11.5. The average Bonchev–Trinajstić information content (AvgIpc) is 2.10. The molecule has 0 saturated carbocycles. The van der Waals surface area contributed by atoms with E-state index < -0.39 is 0 Å². The number of benzene rings is 1. The van der Waals surface area contributed by atoms with Crippen LogP contribution >= 0.6 is 11.6 Å². The molecule has 1 aromatic carbocycles. The number of hydrogen-bond donors (Lipinski definition) is 2. The van der Waals surface area contributed by atoms with Crippen molar-refractivity contribution in [3.8, 4) is 0 Å². The van der Waals surface area contributed by atoms with E-state index in [-0.39, 0.29) is 11.4 Å². The number of halogens is 2. The molecule has 0 radical (unpaired) electrons. The van der Waals surface area contributed by atoms with Crippen LogP contribution in [0.25, 0.3) is 0 Å². The lowest BCUT2D eigenvalue weighted by Crippen LogP contribution is -2.33. The van der Waals surface area contributed by atoms with Gasteiger partial charge in [0.25, 0.3) is 0 Å². The molecule has 84 valence electrons. The number of rotatable bonds is 4. The van der Waals surface area contributed by atoms with Crippen LogP contribution in [0.15, 0.2) is 18.2 Å². The first-order valence-electron chi connectivity index (χ1n) is 4.88. The largest absolute Gasteiger partial charge is 0.378 e. The third-order valence-corrected chi connectivity index (χ3v) is 2.41. The van der Waals surface area contributed by atoms with Gasteiger partial charge in [-0.2, -0.15) is 0 Å². The molecule has 0 amide bonds. The smallest absolute Gasteiger partial charge is 0.146 e. The molecule has 0 aromatic heterocycles. The van der Waals surface area contributed by atoms with Gasteiger partial charge in [-0.1, -0.05) is 11.6 Å². The minimum Gasteiger partial charge on any atom is -0.378 e. The third kappa shape index (κ3) is 3.68. The topological polar surface area (TPSA) is 38.0 Å². The van der Waals surface area contributed by atoms with Gasteiger partial charge in [-0.25, -0.2) is 4.39 Å². The highest BCUT2D eigenvalue weighted by Crippen LogP contribution is 2.24. The highest BCUT2D eigenvalue weighted by atomic mass is 35.5. The average molecular weight is 231 g/mol. The molecule has 0 atom stereocenters. The van der Waals surface area contributed by atoms with Crippen molar-refractivity contribution in [2.75, 3.05) is 11.9 Å². The van der Waals surface area contributed by atoms with Crippen LogP contribution in [0.3, 0.4) is 0 Å². The quantitative estimate of drug-likeness (QED) is 0.835. The minimum atomic E-state index is -0.301. The second-order valence-electron chi connectivity index (χ2n) is 4.17. The Kier molecular flexibility index (Phi) is 3.94. The summed E-state index contributed by atoms with van der Waals surface area (Å²) in [6, 6.07) is 4.45. The molecule has 0 fully saturated rings. The van der Waals surface area contributed by atoms with Gasteiger partial charge in [0, 0.05) is 10.6 Å². The maximum Gasteiger partial charge on any atom is 0.146 e. The van der Waals surface area contributed by atoms with E-state index in [1.807, 2.05) is 13.8 Å². The van der Waals surface area contributed by atoms with E-state index in [1.165, 1.54) is 12.1 Å². The molecule has 0 aliphatic rings. The third-order valence-electron chi connectivity index (χ3n) is 2.17. The minimum absolute atomic E-state index is 0.236. The molecular weight excluding hydrogens is 215 g/mol. The van der Waals surface area contributed by atoms with E-state index in [1.54, 1.807) is 6.07 Å². The summed E-state index contributed by atoms with van der Waals surface area (Å²) in [5, 5.41) is 3.60. The summed E-state index contributed by atoms with van der Waals surface area (Å²) in [5.74, 6) is -0.301. The second-order valence-corrected chi connectivity index (χ2v) is 4.61. The zero-order chi connectivity index (χ0) is 11.5. The van der Waals surface area contributed by atoms with E-state index in [0.29, 0.717) is 17.3 Å². The van der Waals surface area contributed by atoms with Crippen molar-refractivity contribution in [2.24, 2.45) is 5.73 Å². The first kappa shape index (κ1) is 12.3. The van der Waals surface area contributed by atoms with Crippen molar-refractivity contribution in [1.82, 2.24) is 0 Å². The highest BCUT2D eigenvalue weighted by molar-refractivity contribution is 6.30. The fourth-order valence-electron chi connectivity index (χ4n) is 1.38. The zero-order valence-corrected chi connectivity index (χ0v) is 9.74. The van der Waals surface area contributed by atoms with Crippen molar-refractivity contribution in [1.29, 1.82) is 0 Å². The Hall–Kier alpha value is -0.800. The standard InChI is InChI=1S/C11H16ClFN2/c1-11(2,5-6-14)15-10-7-8(12)3-4-9(10)13/h3-4,7,15H,5-6,14H2,1-2H3. The molecule has 0 bridgehead atoms. The Labute approximate surface area is 94.6 Å². The number of hydrogen-bond acceptors (Lipinski definition) is 2. The predicted molar refractivity (Wildman–Crippen MR) is 62.8 cm³/mol. The van der Waals surface area contributed by atoms with Gasteiger partial charge in [0.2, 0.25) is 0 Å². The zero-order valence-electron chi connectivity index (χ0n) is 8.98. The summed E-state index contributed by atoms with van der Waals surface area (Å²) >= 11 is 5.79. The summed E-state index contributed by atoms with van der Waals surface area (Å²) in [5.41, 5.74) is 5.66. The Morgan fingerprint density at radius 3 is 2.73 bits per heavy atom. The van der Waals surface area contributed by atoms with E-state index in [9.17, 15) is 4.39 Å². The van der Waals surface area contributed by atoms with Crippen molar-refractivity contribution < 1.29 is 4.39 Å². The molecule has 0 spiro atoms. The summed E-state index contributed by atoms with van der Waals surface area (Å²) in [7, 11) is 0. The maximum absolute atomic E-state index is 13.4. The molecule has 4 heteroatoms. The Balaban J connectivity index is 2.83. The molecule has 1 rings (SSSR count). The van der Waals surface area contributed by atoms with Crippen LogP contribution < -0.4 is 11.1 Å². The predicted octanol–water partition coefficient (Wildman–Crippen LogP) is 3.02. The summed E-state index contributed by atoms with van der Waals surface area (Å²) in [6.07, 6.45) is 0.763. The van der Waals surface area contributed by atoms with Crippen LogP contribution in [0, 0.1) is 5.82 Å². The van der Waals surface area contributed by atoms with Crippen LogP contribution in [-0.4, -0.2) is 12.1 Å². The molecule has 2 nitrogen and oxygen atoms in total. The molecule has 0 aliphatic carbocycles. The van der Waals surface area contributed by atoms with Crippen molar-refractivity contribution in [2.45, 2.75) is 25.8 Å². The molecular formula is C11H16ClFN2. The highest BCUT2D eigenvalue weighted by Gasteiger charge is 2.17. The fourth-order valence-corrected chi connectivity index (χ4v) is 1.55. The Morgan fingerprint density at radius 1 is 1.47 bits per heavy atom. The number of nitrogens with one attached hydrogen (secondary N) is 1. The Bertz CT molecular complexity index is 339. The molecule has 3 N–H and O–H groups in total. The van der Waals surface area contributed by atoms with Crippen molar-refractivity contribution in [3.05, 3.63) is 29.0 Å². The second kappa shape index (κ2) is 4.81. The fraction of sp³-hybridized carbons (Fsp3) is 0.455. The van der Waals surface area contributed by atoms with Crippen molar-refractivity contribution in [3.63, 3.8) is 0 Å².